The molecule has 5 atom stereocenters. The highest BCUT2D eigenvalue weighted by Gasteiger charge is 2.56. The topological polar surface area (TPSA) is 68.2 Å². The smallest absolute Gasteiger partial charge is 0.166 e. The molecule has 28 heavy (non-hydrogen) atoms. The number of nitrogens with zero attached hydrogens (tertiary/aromatic N) is 1. The molecule has 1 saturated heterocycles. The number of hydroxylamine groups is 2. The maximum Gasteiger partial charge on any atom is 0.166 e. The molecule has 3 heterocycles. The van der Waals surface area contributed by atoms with Crippen LogP contribution < -0.4 is 9.47 Å². The van der Waals surface area contributed by atoms with Crippen LogP contribution in [0.2, 0.25) is 0 Å². The number of carbonyl (C=O) groups is 1. The normalized spacial score (nSPS) is 35.5. The second-order valence-electron chi connectivity index (χ2n) is 8.32. The lowest BCUT2D eigenvalue weighted by molar-refractivity contribution is -0.134. The van der Waals surface area contributed by atoms with E-state index in [1.165, 1.54) is 0 Å². The quantitative estimate of drug-likeness (QED) is 0.804. The van der Waals surface area contributed by atoms with E-state index in [4.69, 9.17) is 14.3 Å². The molecule has 0 amide bonds. The number of methoxy groups -OCH3 is 1. The Balaban J connectivity index is 1.68. The van der Waals surface area contributed by atoms with Crippen LogP contribution in [0.5, 0.6) is 11.5 Å². The first-order valence-electron chi connectivity index (χ1n) is 10.3. The van der Waals surface area contributed by atoms with Crippen molar-refractivity contribution in [1.82, 2.24) is 5.06 Å². The van der Waals surface area contributed by atoms with E-state index in [1.807, 2.05) is 24.1 Å². The van der Waals surface area contributed by atoms with Gasteiger partial charge in [-0.2, -0.15) is 5.06 Å². The molecule has 4 aliphatic rings. The number of benzene rings is 1. The minimum atomic E-state index is -0.502. The van der Waals surface area contributed by atoms with Gasteiger partial charge in [0.15, 0.2) is 11.5 Å². The van der Waals surface area contributed by atoms with E-state index in [-0.39, 0.29) is 29.3 Å². The molecule has 150 valence electrons. The fraction of sp³-hybridized carbons (Fsp3) is 0.591. The Morgan fingerprint density at radius 1 is 1.43 bits per heavy atom. The molecule has 0 aromatic heterocycles. The number of rotatable bonds is 4. The molecule has 1 aromatic carbocycles. The van der Waals surface area contributed by atoms with Crippen molar-refractivity contribution < 1.29 is 24.2 Å². The molecule has 1 aromatic rings. The third-order valence-electron chi connectivity index (χ3n) is 6.83. The minimum Gasteiger partial charge on any atom is -0.493 e. The van der Waals surface area contributed by atoms with Gasteiger partial charge in [0.1, 0.15) is 11.9 Å². The summed E-state index contributed by atoms with van der Waals surface area (Å²) in [6, 6.07) is 3.91. The summed E-state index contributed by atoms with van der Waals surface area (Å²) in [4.78, 5) is 18.8. The van der Waals surface area contributed by atoms with Crippen LogP contribution in [0.1, 0.15) is 49.8 Å². The fourth-order valence-electron chi connectivity index (χ4n) is 5.51. The number of ether oxygens (including phenoxy) is 2. The molecule has 0 saturated carbocycles. The molecule has 0 radical (unpaired) electrons. The molecule has 4 unspecified atom stereocenters. The molecule has 6 nitrogen and oxygen atoms in total. The molecular formula is C22H27NO5. The van der Waals surface area contributed by atoms with Gasteiger partial charge in [0.05, 0.1) is 37.2 Å². The first kappa shape index (κ1) is 18.2. The molecule has 1 spiro atoms. The highest BCUT2D eigenvalue weighted by atomic mass is 16.7. The Morgan fingerprint density at radius 3 is 3.07 bits per heavy atom. The minimum absolute atomic E-state index is 0.0966. The summed E-state index contributed by atoms with van der Waals surface area (Å²) in [5.41, 5.74) is 1.90. The predicted octanol–water partition coefficient (Wildman–Crippen LogP) is 2.69. The van der Waals surface area contributed by atoms with Crippen LogP contribution in [-0.4, -0.2) is 48.4 Å². The average molecular weight is 385 g/mol. The highest BCUT2D eigenvalue weighted by Crippen LogP contribution is 2.58. The van der Waals surface area contributed by atoms with Crippen LogP contribution in [0.4, 0.5) is 0 Å². The Morgan fingerprint density at radius 2 is 2.29 bits per heavy atom. The van der Waals surface area contributed by atoms with E-state index in [2.05, 4.69) is 12.1 Å². The van der Waals surface area contributed by atoms with E-state index in [0.29, 0.717) is 25.2 Å². The summed E-state index contributed by atoms with van der Waals surface area (Å²) in [5.74, 6) is 1.57. The molecule has 6 heteroatoms. The molecule has 3 aliphatic heterocycles. The van der Waals surface area contributed by atoms with Crippen molar-refractivity contribution >= 4 is 5.78 Å². The van der Waals surface area contributed by atoms with E-state index < -0.39 is 6.10 Å². The van der Waals surface area contributed by atoms with Gasteiger partial charge < -0.3 is 14.6 Å². The van der Waals surface area contributed by atoms with Crippen LogP contribution in [0.25, 0.3) is 0 Å². The van der Waals surface area contributed by atoms with Gasteiger partial charge in [0, 0.05) is 24.9 Å². The zero-order chi connectivity index (χ0) is 19.5. The van der Waals surface area contributed by atoms with Gasteiger partial charge in [0.2, 0.25) is 0 Å². The number of ketones is 1. The van der Waals surface area contributed by atoms with E-state index in [0.717, 1.165) is 36.3 Å². The second-order valence-corrected chi connectivity index (χ2v) is 8.32. The number of carbonyl (C=O) groups excluding carboxylic acids is 1. The molecule has 1 N–H and O–H groups in total. The van der Waals surface area contributed by atoms with Crippen LogP contribution in [0.3, 0.4) is 0 Å². The number of aliphatic hydroxyl groups is 1. The predicted molar refractivity (Wildman–Crippen MR) is 102 cm³/mol. The van der Waals surface area contributed by atoms with Crippen LogP contribution >= 0.6 is 0 Å². The van der Waals surface area contributed by atoms with Crippen molar-refractivity contribution in [3.05, 3.63) is 35.4 Å². The molecule has 1 fully saturated rings. The number of fused-ring (bicyclic) bond motifs is 2. The maximum absolute atomic E-state index is 12.8. The monoisotopic (exact) mass is 385 g/mol. The van der Waals surface area contributed by atoms with Crippen molar-refractivity contribution in [3.8, 4) is 11.5 Å². The lowest BCUT2D eigenvalue weighted by Crippen LogP contribution is -2.42. The van der Waals surface area contributed by atoms with Gasteiger partial charge >= 0.3 is 0 Å². The van der Waals surface area contributed by atoms with Crippen molar-refractivity contribution in [2.75, 3.05) is 20.3 Å². The largest absolute Gasteiger partial charge is 0.493 e. The lowest BCUT2D eigenvalue weighted by atomic mass is 9.68. The standard InChI is InChI=1S/C22H27NO5/c1-3-4-16(25)15-12-27-23-10-9-22-8-7-13(24)11-18(22)28-21-17(26-2)6-5-14(19(21)22)20(15)23/h5-8,13,15,18,20,24H,3-4,9-12H2,1-2H3/t13?,15?,18-,20?,22?/m1/s1. The Bertz CT molecular complexity index is 836. The summed E-state index contributed by atoms with van der Waals surface area (Å²) in [6.07, 6.45) is 6.16. The van der Waals surface area contributed by atoms with Gasteiger partial charge in [-0.05, 0) is 24.5 Å². The van der Waals surface area contributed by atoms with Crippen molar-refractivity contribution in [2.45, 2.75) is 56.3 Å². The Hall–Kier alpha value is -1.89. The van der Waals surface area contributed by atoms with Crippen molar-refractivity contribution in [2.24, 2.45) is 5.92 Å². The second kappa shape index (κ2) is 6.58. The number of hydrogen-bond acceptors (Lipinski definition) is 6. The number of Topliss-reactive ketones (excluding diaryl/α,β-unsaturated/α-hetero) is 1. The van der Waals surface area contributed by atoms with E-state index >= 15 is 0 Å². The van der Waals surface area contributed by atoms with E-state index in [9.17, 15) is 9.90 Å². The van der Waals surface area contributed by atoms with E-state index in [1.54, 1.807) is 7.11 Å². The highest BCUT2D eigenvalue weighted by molar-refractivity contribution is 5.82. The van der Waals surface area contributed by atoms with Crippen LogP contribution in [-0.2, 0) is 15.0 Å². The van der Waals surface area contributed by atoms with Crippen molar-refractivity contribution in [3.63, 3.8) is 0 Å². The average Bonchev–Trinajstić information content (AvgIpc) is 3.22. The third kappa shape index (κ3) is 2.41. The summed E-state index contributed by atoms with van der Waals surface area (Å²) in [6.45, 7) is 3.20. The summed E-state index contributed by atoms with van der Waals surface area (Å²) in [5, 5.41) is 12.2. The first-order valence-corrected chi connectivity index (χ1v) is 10.3. The summed E-state index contributed by atoms with van der Waals surface area (Å²) >= 11 is 0. The zero-order valence-corrected chi connectivity index (χ0v) is 16.4. The van der Waals surface area contributed by atoms with Gasteiger partial charge in [0.25, 0.3) is 0 Å². The summed E-state index contributed by atoms with van der Waals surface area (Å²) in [7, 11) is 1.65. The SMILES string of the molecule is CCCC(=O)C1CON2CCC34C=CC(O)C[C@H]3Oc3c(OC)ccc(c34)C12. The van der Waals surface area contributed by atoms with Gasteiger partial charge in [-0.3, -0.25) is 9.63 Å². The summed E-state index contributed by atoms with van der Waals surface area (Å²) < 4.78 is 12.0. The van der Waals surface area contributed by atoms with Gasteiger partial charge in [-0.15, -0.1) is 0 Å². The molecule has 0 bridgehead atoms. The molecule has 5 rings (SSSR count). The molecular weight excluding hydrogens is 358 g/mol. The fourth-order valence-corrected chi connectivity index (χ4v) is 5.51. The number of aliphatic hydroxyl groups excluding tert-OH is 1. The number of hydrogen-bond donors (Lipinski definition) is 1. The van der Waals surface area contributed by atoms with Crippen LogP contribution in [0.15, 0.2) is 24.3 Å². The Kier molecular flexibility index (Phi) is 4.27. The zero-order valence-electron chi connectivity index (χ0n) is 16.4. The first-order chi connectivity index (χ1) is 13.6. The maximum atomic E-state index is 12.8. The van der Waals surface area contributed by atoms with Crippen LogP contribution in [0, 0.1) is 5.92 Å². The Labute approximate surface area is 165 Å². The lowest BCUT2D eigenvalue weighted by Gasteiger charge is -2.35. The van der Waals surface area contributed by atoms with Gasteiger partial charge in [-0.1, -0.05) is 25.1 Å². The third-order valence-corrected chi connectivity index (χ3v) is 6.83. The van der Waals surface area contributed by atoms with Gasteiger partial charge in [-0.25, -0.2) is 0 Å². The van der Waals surface area contributed by atoms with Crippen molar-refractivity contribution in [1.29, 1.82) is 0 Å². The molecule has 1 aliphatic carbocycles.